The highest BCUT2D eigenvalue weighted by molar-refractivity contribution is 5.84. The number of imidazole rings is 1. The molecule has 1 aromatic carbocycles. The lowest BCUT2D eigenvalue weighted by molar-refractivity contribution is -0.126. The van der Waals surface area contributed by atoms with Crippen molar-refractivity contribution in [3.05, 3.63) is 29.8 Å². The summed E-state index contributed by atoms with van der Waals surface area (Å²) >= 11 is 0. The van der Waals surface area contributed by atoms with E-state index in [-0.39, 0.29) is 17.1 Å². The van der Waals surface area contributed by atoms with Crippen molar-refractivity contribution in [1.29, 1.82) is 0 Å². The lowest BCUT2D eigenvalue weighted by Gasteiger charge is -2.32. The van der Waals surface area contributed by atoms with Gasteiger partial charge in [0.2, 0.25) is 5.91 Å². The van der Waals surface area contributed by atoms with E-state index < -0.39 is 0 Å². The molecule has 2 heterocycles. The summed E-state index contributed by atoms with van der Waals surface area (Å²) in [5, 5.41) is 3.14. The number of likely N-dealkylation sites (tertiary alicyclic amines) is 1. The Bertz CT molecular complexity index is 783. The maximum Gasteiger partial charge on any atom is 0.225 e. The minimum absolute atomic E-state index is 0.0993. The second kappa shape index (κ2) is 6.41. The van der Waals surface area contributed by atoms with Gasteiger partial charge in [0.15, 0.2) is 0 Å². The number of aromatic nitrogens is 2. The summed E-state index contributed by atoms with van der Waals surface area (Å²) in [6, 6.07) is 4.63. The number of amides is 1. The van der Waals surface area contributed by atoms with Gasteiger partial charge < -0.3 is 10.3 Å². The van der Waals surface area contributed by atoms with Gasteiger partial charge in [-0.25, -0.2) is 9.37 Å². The lowest BCUT2D eigenvalue weighted by Crippen LogP contribution is -2.42. The fourth-order valence-corrected chi connectivity index (χ4v) is 3.65. The van der Waals surface area contributed by atoms with Crippen LogP contribution in [0, 0.1) is 17.2 Å². The van der Waals surface area contributed by atoms with Crippen LogP contribution in [-0.2, 0) is 11.3 Å². The van der Waals surface area contributed by atoms with Gasteiger partial charge in [-0.2, -0.15) is 0 Å². The summed E-state index contributed by atoms with van der Waals surface area (Å²) in [5.41, 5.74) is 1.45. The van der Waals surface area contributed by atoms with E-state index in [9.17, 15) is 9.18 Å². The van der Waals surface area contributed by atoms with Crippen molar-refractivity contribution in [2.24, 2.45) is 11.3 Å². The van der Waals surface area contributed by atoms with E-state index in [0.29, 0.717) is 5.92 Å². The number of aromatic amines is 1. The third-order valence-corrected chi connectivity index (χ3v) is 5.57. The summed E-state index contributed by atoms with van der Waals surface area (Å²) in [4.78, 5) is 22.2. The van der Waals surface area contributed by atoms with Crippen molar-refractivity contribution in [2.45, 2.75) is 39.2 Å². The van der Waals surface area contributed by atoms with Crippen LogP contribution in [0.3, 0.4) is 0 Å². The number of carbonyl (C=O) groups is 1. The molecule has 1 aliphatic carbocycles. The lowest BCUT2D eigenvalue weighted by atomic mass is 9.97. The van der Waals surface area contributed by atoms with Gasteiger partial charge in [0, 0.05) is 18.5 Å². The SMILES string of the molecule is CC1(C(=O)NCC2CCCN(Cc3nc4ccc(F)cc4[nH]3)C2)CC1. The molecule has 1 saturated heterocycles. The zero-order chi connectivity index (χ0) is 17.4. The fourth-order valence-electron chi connectivity index (χ4n) is 3.65. The van der Waals surface area contributed by atoms with Crippen LogP contribution in [0.2, 0.25) is 0 Å². The molecular formula is C19H25FN4O. The Labute approximate surface area is 147 Å². The van der Waals surface area contributed by atoms with Crippen molar-refractivity contribution in [3.63, 3.8) is 0 Å². The van der Waals surface area contributed by atoms with E-state index in [1.54, 1.807) is 6.07 Å². The number of halogens is 1. The molecule has 0 bridgehead atoms. The Balaban J connectivity index is 1.33. The third kappa shape index (κ3) is 3.68. The van der Waals surface area contributed by atoms with Gasteiger partial charge in [-0.15, -0.1) is 0 Å². The summed E-state index contributed by atoms with van der Waals surface area (Å²) in [5.74, 6) is 1.32. The number of rotatable bonds is 5. The molecule has 1 aliphatic heterocycles. The van der Waals surface area contributed by atoms with Crippen LogP contribution in [0.15, 0.2) is 18.2 Å². The molecule has 0 radical (unpaired) electrons. The summed E-state index contributed by atoms with van der Waals surface area (Å²) in [6.07, 6.45) is 4.32. The largest absolute Gasteiger partial charge is 0.355 e. The first-order valence-corrected chi connectivity index (χ1v) is 9.17. The molecule has 1 unspecified atom stereocenters. The van der Waals surface area contributed by atoms with Crippen LogP contribution < -0.4 is 5.32 Å². The molecule has 1 aromatic heterocycles. The van der Waals surface area contributed by atoms with E-state index in [0.717, 1.165) is 68.7 Å². The predicted molar refractivity (Wildman–Crippen MR) is 94.4 cm³/mol. The molecule has 2 aromatic rings. The Morgan fingerprint density at radius 3 is 3.12 bits per heavy atom. The molecule has 134 valence electrons. The predicted octanol–water partition coefficient (Wildman–Crippen LogP) is 2.83. The average Bonchev–Trinajstić information content (AvgIpc) is 3.22. The molecule has 0 spiro atoms. The van der Waals surface area contributed by atoms with Crippen molar-refractivity contribution in [3.8, 4) is 0 Å². The number of nitrogens with one attached hydrogen (secondary N) is 2. The average molecular weight is 344 g/mol. The number of benzene rings is 1. The Kier molecular flexibility index (Phi) is 4.23. The highest BCUT2D eigenvalue weighted by Crippen LogP contribution is 2.45. The van der Waals surface area contributed by atoms with Crippen LogP contribution in [0.5, 0.6) is 0 Å². The normalized spacial score (nSPS) is 22.9. The number of H-pyrrole nitrogens is 1. The number of hydrogen-bond donors (Lipinski definition) is 2. The zero-order valence-corrected chi connectivity index (χ0v) is 14.6. The molecule has 1 saturated carbocycles. The molecule has 2 fully saturated rings. The van der Waals surface area contributed by atoms with Gasteiger partial charge in [-0.1, -0.05) is 6.92 Å². The number of carbonyl (C=O) groups excluding carboxylic acids is 1. The first kappa shape index (κ1) is 16.5. The molecular weight excluding hydrogens is 319 g/mol. The first-order valence-electron chi connectivity index (χ1n) is 9.17. The number of nitrogens with zero attached hydrogens (tertiary/aromatic N) is 2. The van der Waals surface area contributed by atoms with Crippen molar-refractivity contribution >= 4 is 16.9 Å². The van der Waals surface area contributed by atoms with E-state index in [1.165, 1.54) is 12.1 Å². The standard InChI is InChI=1S/C19H25FN4O/c1-19(6-7-19)18(25)21-10-13-3-2-8-24(11-13)12-17-22-15-5-4-14(20)9-16(15)23-17/h4-5,9,13H,2-3,6-8,10-12H2,1H3,(H,21,25)(H,22,23). The van der Waals surface area contributed by atoms with Crippen LogP contribution >= 0.6 is 0 Å². The molecule has 25 heavy (non-hydrogen) atoms. The van der Waals surface area contributed by atoms with Crippen LogP contribution in [-0.4, -0.2) is 40.4 Å². The molecule has 4 rings (SSSR count). The fraction of sp³-hybridized carbons (Fsp3) is 0.579. The monoisotopic (exact) mass is 344 g/mol. The Hall–Kier alpha value is -1.95. The quantitative estimate of drug-likeness (QED) is 0.877. The minimum atomic E-state index is -0.249. The maximum atomic E-state index is 13.3. The van der Waals surface area contributed by atoms with Gasteiger partial charge in [-0.3, -0.25) is 9.69 Å². The van der Waals surface area contributed by atoms with Crippen molar-refractivity contribution in [2.75, 3.05) is 19.6 Å². The van der Waals surface area contributed by atoms with E-state index >= 15 is 0 Å². The van der Waals surface area contributed by atoms with E-state index in [1.807, 2.05) is 6.92 Å². The second-order valence-corrected chi connectivity index (χ2v) is 7.86. The second-order valence-electron chi connectivity index (χ2n) is 7.86. The molecule has 1 atom stereocenters. The highest BCUT2D eigenvalue weighted by Gasteiger charge is 2.44. The van der Waals surface area contributed by atoms with Crippen LogP contribution in [0.4, 0.5) is 4.39 Å². The van der Waals surface area contributed by atoms with E-state index in [4.69, 9.17) is 0 Å². The topological polar surface area (TPSA) is 61.0 Å². The van der Waals surface area contributed by atoms with Crippen LogP contribution in [0.1, 0.15) is 38.4 Å². The van der Waals surface area contributed by atoms with Gasteiger partial charge in [0.25, 0.3) is 0 Å². The highest BCUT2D eigenvalue weighted by atomic mass is 19.1. The summed E-state index contributed by atoms with van der Waals surface area (Å²) in [7, 11) is 0. The van der Waals surface area contributed by atoms with Gasteiger partial charge in [0.05, 0.1) is 17.6 Å². The molecule has 2 N–H and O–H groups in total. The Morgan fingerprint density at radius 2 is 2.32 bits per heavy atom. The van der Waals surface area contributed by atoms with E-state index in [2.05, 4.69) is 20.2 Å². The molecule has 6 heteroatoms. The van der Waals surface area contributed by atoms with Crippen molar-refractivity contribution in [1.82, 2.24) is 20.2 Å². The number of fused-ring (bicyclic) bond motifs is 1. The summed E-state index contributed by atoms with van der Waals surface area (Å²) < 4.78 is 13.3. The minimum Gasteiger partial charge on any atom is -0.355 e. The summed E-state index contributed by atoms with van der Waals surface area (Å²) in [6.45, 7) is 5.53. The molecule has 1 amide bonds. The maximum absolute atomic E-state index is 13.3. The zero-order valence-electron chi connectivity index (χ0n) is 14.6. The van der Waals surface area contributed by atoms with Gasteiger partial charge in [-0.05, 0) is 56.3 Å². The molecule has 2 aliphatic rings. The van der Waals surface area contributed by atoms with Gasteiger partial charge in [0.1, 0.15) is 11.6 Å². The third-order valence-electron chi connectivity index (χ3n) is 5.57. The smallest absolute Gasteiger partial charge is 0.225 e. The molecule has 5 nitrogen and oxygen atoms in total. The first-order chi connectivity index (χ1) is 12.0. The van der Waals surface area contributed by atoms with Gasteiger partial charge >= 0.3 is 0 Å². The number of piperidine rings is 1. The number of hydrogen-bond acceptors (Lipinski definition) is 3. The van der Waals surface area contributed by atoms with Crippen LogP contribution in [0.25, 0.3) is 11.0 Å². The Morgan fingerprint density at radius 1 is 1.48 bits per heavy atom. The van der Waals surface area contributed by atoms with Crippen molar-refractivity contribution < 1.29 is 9.18 Å².